The van der Waals surface area contributed by atoms with Gasteiger partial charge in [0.25, 0.3) is 5.91 Å². The molecule has 0 saturated carbocycles. The van der Waals surface area contributed by atoms with E-state index in [-0.39, 0.29) is 19.0 Å². The van der Waals surface area contributed by atoms with E-state index in [0.717, 1.165) is 17.3 Å². The van der Waals surface area contributed by atoms with Crippen LogP contribution in [0.3, 0.4) is 0 Å². The fraction of sp³-hybridized carbons (Fsp3) is 0.667. The molecule has 3 rings (SSSR count). The van der Waals surface area contributed by atoms with E-state index in [2.05, 4.69) is 35.2 Å². The van der Waals surface area contributed by atoms with E-state index in [1.165, 1.54) is 0 Å². The maximum absolute atomic E-state index is 13.1. The Hall–Kier alpha value is -2.66. The van der Waals surface area contributed by atoms with E-state index in [1.54, 1.807) is 15.6 Å². The average Bonchev–Trinajstić information content (AvgIpc) is 3.38. The van der Waals surface area contributed by atoms with Crippen molar-refractivity contribution in [3.63, 3.8) is 0 Å². The van der Waals surface area contributed by atoms with Gasteiger partial charge in [0.05, 0.1) is 23.5 Å². The van der Waals surface area contributed by atoms with Crippen LogP contribution >= 0.6 is 0 Å². The van der Waals surface area contributed by atoms with E-state index in [4.69, 9.17) is 14.0 Å². The highest BCUT2D eigenvalue weighted by atomic mass is 28.3. The summed E-state index contributed by atoms with van der Waals surface area (Å²) in [5.74, 6) is 0.0306. The van der Waals surface area contributed by atoms with Gasteiger partial charge < -0.3 is 19.3 Å². The van der Waals surface area contributed by atoms with E-state index < -0.39 is 31.2 Å². The van der Waals surface area contributed by atoms with Crippen molar-refractivity contribution in [3.8, 4) is 0 Å². The lowest BCUT2D eigenvalue weighted by molar-refractivity contribution is 0.00200. The molecule has 2 aromatic rings. The SMILES string of the molecule is CCc1cc(C(=O)Nc2nn(COCC[Si](C)(C)C)c3c2CN(C(=O)OC(C)(C)C)C3(C)C)on1. The van der Waals surface area contributed by atoms with Crippen LogP contribution in [0.15, 0.2) is 10.6 Å². The number of hydrogen-bond donors (Lipinski definition) is 1. The summed E-state index contributed by atoms with van der Waals surface area (Å²) in [5.41, 5.74) is 0.890. The zero-order valence-electron chi connectivity index (χ0n) is 22.4. The molecule has 0 saturated heterocycles. The molecule has 11 heteroatoms. The van der Waals surface area contributed by atoms with Crippen LogP contribution in [-0.4, -0.2) is 52.1 Å². The summed E-state index contributed by atoms with van der Waals surface area (Å²) in [4.78, 5) is 27.6. The number of nitrogens with zero attached hydrogens (tertiary/aromatic N) is 4. The molecule has 3 heterocycles. The maximum Gasteiger partial charge on any atom is 0.411 e. The van der Waals surface area contributed by atoms with Crippen LogP contribution in [0.1, 0.15) is 69.0 Å². The van der Waals surface area contributed by atoms with Crippen molar-refractivity contribution in [2.45, 2.75) is 98.1 Å². The number of amides is 2. The molecular weight excluding hydrogens is 466 g/mol. The minimum atomic E-state index is -1.25. The van der Waals surface area contributed by atoms with E-state index in [0.29, 0.717) is 24.5 Å². The molecule has 194 valence electrons. The molecule has 1 aliphatic rings. The Bertz CT molecular complexity index is 1080. The van der Waals surface area contributed by atoms with Gasteiger partial charge in [0.1, 0.15) is 12.3 Å². The molecule has 0 aromatic carbocycles. The van der Waals surface area contributed by atoms with Crippen molar-refractivity contribution in [2.75, 3.05) is 11.9 Å². The molecule has 0 unspecified atom stereocenters. The van der Waals surface area contributed by atoms with Crippen LogP contribution in [0.4, 0.5) is 10.6 Å². The number of hydrogen-bond acceptors (Lipinski definition) is 7. The molecular formula is C24H39N5O5Si. The van der Waals surface area contributed by atoms with Gasteiger partial charge in [-0.2, -0.15) is 5.10 Å². The fourth-order valence-electron chi connectivity index (χ4n) is 3.91. The molecule has 1 N–H and O–H groups in total. The zero-order valence-corrected chi connectivity index (χ0v) is 23.4. The molecule has 0 fully saturated rings. The van der Waals surface area contributed by atoms with Crippen molar-refractivity contribution in [2.24, 2.45) is 0 Å². The normalized spacial score (nSPS) is 15.3. The van der Waals surface area contributed by atoms with Gasteiger partial charge in [0.2, 0.25) is 5.76 Å². The van der Waals surface area contributed by atoms with Crippen LogP contribution in [0, 0.1) is 0 Å². The highest BCUT2D eigenvalue weighted by molar-refractivity contribution is 6.76. The van der Waals surface area contributed by atoms with Gasteiger partial charge in [-0.3, -0.25) is 9.69 Å². The number of carbonyl (C=O) groups is 2. The minimum Gasteiger partial charge on any atom is -0.444 e. The first-order valence-electron chi connectivity index (χ1n) is 12.1. The van der Waals surface area contributed by atoms with Crippen LogP contribution in [0.25, 0.3) is 0 Å². The molecule has 1 aliphatic heterocycles. The summed E-state index contributed by atoms with van der Waals surface area (Å²) in [6.45, 7) is 19.3. The van der Waals surface area contributed by atoms with Gasteiger partial charge >= 0.3 is 6.09 Å². The third kappa shape index (κ3) is 6.32. The van der Waals surface area contributed by atoms with Crippen molar-refractivity contribution in [3.05, 3.63) is 28.8 Å². The number of fused-ring (bicyclic) bond motifs is 1. The Morgan fingerprint density at radius 2 is 1.94 bits per heavy atom. The lowest BCUT2D eigenvalue weighted by atomic mass is 10.0. The predicted molar refractivity (Wildman–Crippen MR) is 135 cm³/mol. The van der Waals surface area contributed by atoms with Gasteiger partial charge in [-0.1, -0.05) is 31.7 Å². The lowest BCUT2D eigenvalue weighted by Gasteiger charge is -2.34. The second-order valence-electron chi connectivity index (χ2n) is 11.6. The summed E-state index contributed by atoms with van der Waals surface area (Å²) < 4.78 is 18.5. The Kier molecular flexibility index (Phi) is 7.52. The second kappa shape index (κ2) is 9.77. The van der Waals surface area contributed by atoms with Crippen LogP contribution < -0.4 is 5.32 Å². The second-order valence-corrected chi connectivity index (χ2v) is 17.3. The molecule has 0 radical (unpaired) electrons. The van der Waals surface area contributed by atoms with Crippen molar-refractivity contribution >= 4 is 25.9 Å². The monoisotopic (exact) mass is 505 g/mol. The van der Waals surface area contributed by atoms with Gasteiger partial charge in [-0.15, -0.1) is 0 Å². The Morgan fingerprint density at radius 1 is 1.26 bits per heavy atom. The first-order valence-corrected chi connectivity index (χ1v) is 15.8. The fourth-order valence-corrected chi connectivity index (χ4v) is 4.66. The van der Waals surface area contributed by atoms with Crippen molar-refractivity contribution in [1.29, 1.82) is 0 Å². The van der Waals surface area contributed by atoms with Crippen LogP contribution in [0.2, 0.25) is 25.7 Å². The van der Waals surface area contributed by atoms with Gasteiger partial charge in [0, 0.05) is 26.3 Å². The van der Waals surface area contributed by atoms with E-state index >= 15 is 0 Å². The summed E-state index contributed by atoms with van der Waals surface area (Å²) >= 11 is 0. The standard InChI is InChI=1S/C24H39N5O5Si/c1-10-16-13-18(34-27-16)21(30)25-20-17-14-28(22(31)33-23(2,3)4)24(5,6)19(17)29(26-20)15-32-11-12-35(7,8)9/h13H,10-12,14-15H2,1-9H3,(H,25,26,30). The topological polar surface area (TPSA) is 112 Å². The third-order valence-corrected chi connectivity index (χ3v) is 7.53. The van der Waals surface area contributed by atoms with Gasteiger partial charge in [0.15, 0.2) is 5.82 Å². The minimum absolute atomic E-state index is 0.109. The van der Waals surface area contributed by atoms with Crippen LogP contribution in [-0.2, 0) is 34.7 Å². The molecule has 0 spiro atoms. The quantitative estimate of drug-likeness (QED) is 0.397. The summed E-state index contributed by atoms with van der Waals surface area (Å²) in [6, 6.07) is 2.64. The number of ether oxygens (including phenoxy) is 2. The number of anilines is 1. The van der Waals surface area contributed by atoms with Crippen LogP contribution in [0.5, 0.6) is 0 Å². The number of aromatic nitrogens is 3. The molecule has 0 aliphatic carbocycles. The molecule has 2 amide bonds. The highest BCUT2D eigenvalue weighted by Crippen LogP contribution is 2.43. The van der Waals surface area contributed by atoms with Crippen molar-refractivity contribution < 1.29 is 23.6 Å². The number of nitrogens with one attached hydrogen (secondary N) is 1. The van der Waals surface area contributed by atoms with Gasteiger partial charge in [-0.25, -0.2) is 9.48 Å². The third-order valence-electron chi connectivity index (χ3n) is 5.82. The average molecular weight is 506 g/mol. The van der Waals surface area contributed by atoms with Gasteiger partial charge in [-0.05, 0) is 47.1 Å². The summed E-state index contributed by atoms with van der Waals surface area (Å²) in [6.07, 6.45) is 0.235. The summed E-state index contributed by atoms with van der Waals surface area (Å²) in [7, 11) is -1.25. The predicted octanol–water partition coefficient (Wildman–Crippen LogP) is 4.98. The lowest BCUT2D eigenvalue weighted by Crippen LogP contribution is -2.44. The Morgan fingerprint density at radius 3 is 2.51 bits per heavy atom. The zero-order chi connectivity index (χ0) is 26.2. The number of rotatable bonds is 8. The highest BCUT2D eigenvalue weighted by Gasteiger charge is 2.47. The molecule has 2 aromatic heterocycles. The molecule has 10 nitrogen and oxygen atoms in total. The van der Waals surface area contributed by atoms with Crippen molar-refractivity contribution in [1.82, 2.24) is 19.8 Å². The Labute approximate surface area is 208 Å². The number of aryl methyl sites for hydroxylation is 1. The molecule has 35 heavy (non-hydrogen) atoms. The van der Waals surface area contributed by atoms with E-state index in [9.17, 15) is 9.59 Å². The first-order chi connectivity index (χ1) is 16.1. The van der Waals surface area contributed by atoms with E-state index in [1.807, 2.05) is 41.5 Å². The largest absolute Gasteiger partial charge is 0.444 e. The number of carbonyl (C=O) groups excluding carboxylic acids is 2. The molecule has 0 atom stereocenters. The first kappa shape index (κ1) is 26.9. The molecule has 0 bridgehead atoms. The smallest absolute Gasteiger partial charge is 0.411 e. The summed E-state index contributed by atoms with van der Waals surface area (Å²) in [5, 5.41) is 11.4. The maximum atomic E-state index is 13.1. The Balaban J connectivity index is 1.90.